The highest BCUT2D eigenvalue weighted by atomic mass is 16.6. The molecular formula is C32H42N8O4. The number of aromatic nitrogens is 4. The number of hydrogen-bond acceptors (Lipinski definition) is 8. The fraction of sp³-hybridized carbons (Fsp3) is 0.562. The molecule has 2 saturated heterocycles. The van der Waals surface area contributed by atoms with Gasteiger partial charge in [-0.15, -0.1) is 0 Å². The average molecular weight is 603 g/mol. The van der Waals surface area contributed by atoms with Crippen molar-refractivity contribution in [1.29, 1.82) is 0 Å². The van der Waals surface area contributed by atoms with E-state index >= 15 is 0 Å². The minimum absolute atomic E-state index is 0.0544. The molecule has 5 heterocycles. The Morgan fingerprint density at radius 2 is 1.61 bits per heavy atom. The number of fused-ring (bicyclic) bond motifs is 3. The first-order chi connectivity index (χ1) is 21.0. The second kappa shape index (κ2) is 11.7. The number of amides is 3. The number of piperazine rings is 1. The van der Waals surface area contributed by atoms with Crippen LogP contribution in [0.1, 0.15) is 92.6 Å². The predicted molar refractivity (Wildman–Crippen MR) is 166 cm³/mol. The van der Waals surface area contributed by atoms with Crippen LogP contribution in [-0.2, 0) is 4.74 Å². The minimum atomic E-state index is -0.565. The maximum absolute atomic E-state index is 13.5. The number of piperidine rings is 1. The number of rotatable bonds is 5. The fourth-order valence-corrected chi connectivity index (χ4v) is 6.77. The summed E-state index contributed by atoms with van der Waals surface area (Å²) in [5.41, 5.74) is 1.27. The number of carbonyl (C=O) groups excluding carboxylic acids is 3. The van der Waals surface area contributed by atoms with E-state index in [2.05, 4.69) is 19.9 Å². The lowest BCUT2D eigenvalue weighted by atomic mass is 9.91. The molecule has 0 spiro atoms. The predicted octanol–water partition coefficient (Wildman–Crippen LogP) is 5.00. The van der Waals surface area contributed by atoms with Crippen LogP contribution in [0.15, 0.2) is 30.6 Å². The van der Waals surface area contributed by atoms with Crippen molar-refractivity contribution in [2.24, 2.45) is 0 Å². The molecule has 3 fully saturated rings. The molecule has 2 bridgehead atoms. The molecule has 2 unspecified atom stereocenters. The minimum Gasteiger partial charge on any atom is -0.444 e. The van der Waals surface area contributed by atoms with E-state index in [1.54, 1.807) is 43.5 Å². The van der Waals surface area contributed by atoms with Crippen LogP contribution in [0.25, 0.3) is 11.0 Å². The Morgan fingerprint density at radius 3 is 2.23 bits per heavy atom. The molecule has 3 amide bonds. The van der Waals surface area contributed by atoms with Crippen LogP contribution in [0, 0.1) is 0 Å². The molecule has 44 heavy (non-hydrogen) atoms. The zero-order valence-corrected chi connectivity index (χ0v) is 26.2. The summed E-state index contributed by atoms with van der Waals surface area (Å²) in [7, 11) is 3.51. The third-order valence-electron chi connectivity index (χ3n) is 8.76. The van der Waals surface area contributed by atoms with Gasteiger partial charge < -0.3 is 24.4 Å². The Hall–Kier alpha value is -4.22. The van der Waals surface area contributed by atoms with E-state index in [0.29, 0.717) is 36.1 Å². The molecule has 3 aliphatic rings. The Morgan fingerprint density at radius 1 is 0.932 bits per heavy atom. The second-order valence-corrected chi connectivity index (χ2v) is 13.4. The van der Waals surface area contributed by atoms with Gasteiger partial charge in [-0.1, -0.05) is 12.8 Å². The molecule has 1 N–H and O–H groups in total. The van der Waals surface area contributed by atoms with Gasteiger partial charge in [-0.2, -0.15) is 4.98 Å². The molecule has 12 heteroatoms. The summed E-state index contributed by atoms with van der Waals surface area (Å²) in [4.78, 5) is 58.5. The third-order valence-corrected chi connectivity index (χ3v) is 8.76. The van der Waals surface area contributed by atoms with Gasteiger partial charge in [0.2, 0.25) is 5.95 Å². The third kappa shape index (κ3) is 5.94. The first-order valence-corrected chi connectivity index (χ1v) is 15.6. The number of nitrogens with one attached hydrogen (secondary N) is 1. The van der Waals surface area contributed by atoms with Crippen molar-refractivity contribution >= 4 is 40.7 Å². The monoisotopic (exact) mass is 602 g/mol. The Kier molecular flexibility index (Phi) is 7.93. The zero-order valence-electron chi connectivity index (χ0n) is 26.2. The lowest BCUT2D eigenvalue weighted by molar-refractivity contribution is -0.0334. The highest BCUT2D eigenvalue weighted by Crippen LogP contribution is 2.35. The highest BCUT2D eigenvalue weighted by Gasteiger charge is 2.43. The van der Waals surface area contributed by atoms with Crippen LogP contribution in [0.4, 0.5) is 16.6 Å². The summed E-state index contributed by atoms with van der Waals surface area (Å²) in [5.74, 6) is 0.726. The number of likely N-dealkylation sites (tertiary alicyclic amines) is 1. The van der Waals surface area contributed by atoms with Crippen molar-refractivity contribution < 1.29 is 19.1 Å². The van der Waals surface area contributed by atoms with Crippen LogP contribution >= 0.6 is 0 Å². The van der Waals surface area contributed by atoms with Gasteiger partial charge in [0.15, 0.2) is 0 Å². The summed E-state index contributed by atoms with van der Waals surface area (Å²) in [6.07, 6.45) is 10.0. The Bertz CT molecular complexity index is 1540. The summed E-state index contributed by atoms with van der Waals surface area (Å²) in [5, 5.41) is 3.98. The smallest absolute Gasteiger partial charge is 0.410 e. The van der Waals surface area contributed by atoms with Crippen LogP contribution < -0.4 is 5.32 Å². The number of ether oxygens (including phenoxy) is 1. The van der Waals surface area contributed by atoms with E-state index in [0.717, 1.165) is 56.0 Å². The lowest BCUT2D eigenvalue weighted by Gasteiger charge is -2.49. The molecular weight excluding hydrogens is 560 g/mol. The molecule has 3 aromatic heterocycles. The zero-order chi connectivity index (χ0) is 31.2. The lowest BCUT2D eigenvalue weighted by Crippen LogP contribution is -2.64. The van der Waals surface area contributed by atoms with Crippen LogP contribution in [-0.4, -0.2) is 97.0 Å². The van der Waals surface area contributed by atoms with Crippen LogP contribution in [0.5, 0.6) is 0 Å². The molecule has 1 saturated carbocycles. The van der Waals surface area contributed by atoms with E-state index in [9.17, 15) is 14.4 Å². The average Bonchev–Trinajstić information content (AvgIpc) is 3.63. The van der Waals surface area contributed by atoms with Gasteiger partial charge in [-0.3, -0.25) is 14.5 Å². The molecule has 12 nitrogen and oxygen atoms in total. The molecule has 2 atom stereocenters. The van der Waals surface area contributed by atoms with Gasteiger partial charge in [0.05, 0.1) is 17.6 Å². The topological polar surface area (TPSA) is 126 Å². The van der Waals surface area contributed by atoms with Gasteiger partial charge in [0, 0.05) is 51.0 Å². The standard InChI is InChI=1S/C32H42N8O4/c1-32(2,3)44-31(43)39-23-11-8-12-24(39)19-38(18-23)28(41)20-13-14-26(33-16-20)35-30-34-17-21-15-25(29(42)37(4)5)40(27(21)36-30)22-9-6-7-10-22/h13-17,22-24H,6-12,18-19H2,1-5H3,(H,33,34,35,36). The van der Waals surface area contributed by atoms with Crippen molar-refractivity contribution in [3.8, 4) is 0 Å². The van der Waals surface area contributed by atoms with Gasteiger partial charge in [-0.25, -0.2) is 14.8 Å². The molecule has 3 aromatic rings. The van der Waals surface area contributed by atoms with Crippen molar-refractivity contribution in [3.05, 3.63) is 41.9 Å². The molecule has 2 aliphatic heterocycles. The van der Waals surface area contributed by atoms with Crippen LogP contribution in [0.3, 0.4) is 0 Å². The number of hydrogen-bond donors (Lipinski definition) is 1. The normalized spacial score (nSPS) is 20.6. The molecule has 0 radical (unpaired) electrons. The maximum atomic E-state index is 13.5. The summed E-state index contributed by atoms with van der Waals surface area (Å²) >= 11 is 0. The summed E-state index contributed by atoms with van der Waals surface area (Å²) < 4.78 is 7.75. The van der Waals surface area contributed by atoms with E-state index in [-0.39, 0.29) is 36.0 Å². The van der Waals surface area contributed by atoms with E-state index < -0.39 is 5.60 Å². The number of nitrogens with zero attached hydrogens (tertiary/aromatic N) is 7. The molecule has 1 aliphatic carbocycles. The second-order valence-electron chi connectivity index (χ2n) is 13.4. The molecule has 0 aromatic carbocycles. The maximum Gasteiger partial charge on any atom is 0.410 e. The first-order valence-electron chi connectivity index (χ1n) is 15.6. The van der Waals surface area contributed by atoms with Crippen molar-refractivity contribution in [3.63, 3.8) is 0 Å². The van der Waals surface area contributed by atoms with Gasteiger partial charge in [-0.05, 0) is 71.1 Å². The van der Waals surface area contributed by atoms with Gasteiger partial charge in [0.25, 0.3) is 11.8 Å². The van der Waals surface area contributed by atoms with Gasteiger partial charge in [0.1, 0.15) is 22.8 Å². The van der Waals surface area contributed by atoms with Gasteiger partial charge >= 0.3 is 6.09 Å². The highest BCUT2D eigenvalue weighted by molar-refractivity contribution is 5.98. The molecule has 6 rings (SSSR count). The van der Waals surface area contributed by atoms with Crippen molar-refractivity contribution in [2.75, 3.05) is 32.5 Å². The van der Waals surface area contributed by atoms with Crippen molar-refractivity contribution in [1.82, 2.24) is 34.2 Å². The number of carbonyl (C=O) groups is 3. The Labute approximate surface area is 257 Å². The fourth-order valence-electron chi connectivity index (χ4n) is 6.77. The molecule has 234 valence electrons. The van der Waals surface area contributed by atoms with E-state index in [4.69, 9.17) is 9.72 Å². The SMILES string of the molecule is CN(C)C(=O)c1cc2cnc(Nc3ccc(C(=O)N4CC5CCCC(C4)N5C(=O)OC(C)(C)C)cn3)nc2n1C1CCCC1. The van der Waals surface area contributed by atoms with E-state index in [1.807, 2.05) is 36.6 Å². The number of anilines is 2. The quantitative estimate of drug-likeness (QED) is 0.433. The largest absolute Gasteiger partial charge is 0.444 e. The Balaban J connectivity index is 1.16. The summed E-state index contributed by atoms with van der Waals surface area (Å²) in [6, 6.07) is 5.48. The number of pyridine rings is 1. The van der Waals surface area contributed by atoms with Crippen molar-refractivity contribution in [2.45, 2.75) is 89.4 Å². The van der Waals surface area contributed by atoms with E-state index in [1.165, 1.54) is 0 Å². The summed E-state index contributed by atoms with van der Waals surface area (Å²) in [6.45, 7) is 6.56. The van der Waals surface area contributed by atoms with Crippen LogP contribution in [0.2, 0.25) is 0 Å². The first kappa shape index (κ1) is 29.8.